The number of imidazole rings is 1. The molecule has 2 aromatic rings. The topological polar surface area (TPSA) is 113 Å². The molecule has 1 aromatic carbocycles. The maximum absolute atomic E-state index is 12.4. The van der Waals surface area contributed by atoms with E-state index in [0.29, 0.717) is 5.56 Å². The van der Waals surface area contributed by atoms with Crippen molar-refractivity contribution in [1.29, 1.82) is 0 Å². The molecule has 1 amide bonds. The van der Waals surface area contributed by atoms with Crippen LogP contribution in [0.15, 0.2) is 36.7 Å². The molecule has 0 saturated carbocycles. The number of Topliss-reactive ketones (excluding diaryl/α,β-unsaturated/α-hetero) is 1. The van der Waals surface area contributed by atoms with Crippen LogP contribution in [-0.4, -0.2) is 27.4 Å². The van der Waals surface area contributed by atoms with Gasteiger partial charge in [-0.15, -0.1) is 0 Å². The average molecular weight is 257 g/mol. The lowest BCUT2D eigenvalue weighted by molar-refractivity contribution is 0.0782. The van der Waals surface area contributed by atoms with E-state index in [2.05, 4.69) is 20.6 Å². The molecule has 0 radical (unpaired) electrons. The number of ketones is 1. The minimum Gasteiger partial charge on any atom is -0.339 e. The number of carbonyl (C=O) groups is 2. The zero-order valence-electron chi connectivity index (χ0n) is 9.81. The van der Waals surface area contributed by atoms with Crippen LogP contribution < -0.4 is 16.4 Å². The summed E-state index contributed by atoms with van der Waals surface area (Å²) in [6, 6.07) is 8.50. The number of nitrogens with zero attached hydrogens (tertiary/aromatic N) is 1. The third-order valence-electron chi connectivity index (χ3n) is 2.89. The molecule has 1 aliphatic heterocycles. The molecule has 0 fully saturated rings. The highest BCUT2D eigenvalue weighted by Gasteiger charge is 2.42. The second-order valence-corrected chi connectivity index (χ2v) is 4.21. The quantitative estimate of drug-likeness (QED) is 0.568. The van der Waals surface area contributed by atoms with Crippen molar-refractivity contribution in [1.82, 2.24) is 15.3 Å². The highest BCUT2D eigenvalue weighted by atomic mass is 16.2. The van der Waals surface area contributed by atoms with E-state index in [-0.39, 0.29) is 11.5 Å². The van der Waals surface area contributed by atoms with Gasteiger partial charge in [0.2, 0.25) is 11.6 Å². The molecule has 0 bridgehead atoms. The fourth-order valence-electron chi connectivity index (χ4n) is 1.95. The number of fused-ring (bicyclic) bond motifs is 1. The Kier molecular flexibility index (Phi) is 2.36. The third-order valence-corrected chi connectivity index (χ3v) is 2.89. The Hall–Kier alpha value is -2.67. The molecule has 5 N–H and O–H groups in total. The molecule has 96 valence electrons. The SMILES string of the molecule is NC1(C(=O)c2ccccc2)NC(=O)c2[nH]cnc2N1. The lowest BCUT2D eigenvalue weighted by Crippen LogP contribution is -2.68. The summed E-state index contributed by atoms with van der Waals surface area (Å²) in [6.45, 7) is 0. The number of benzene rings is 1. The van der Waals surface area contributed by atoms with E-state index in [1.807, 2.05) is 0 Å². The van der Waals surface area contributed by atoms with Crippen molar-refractivity contribution in [2.24, 2.45) is 5.73 Å². The average Bonchev–Trinajstić information content (AvgIpc) is 2.87. The van der Waals surface area contributed by atoms with Gasteiger partial charge >= 0.3 is 0 Å². The number of hydrogen-bond acceptors (Lipinski definition) is 5. The Balaban J connectivity index is 1.98. The monoisotopic (exact) mass is 257 g/mol. The van der Waals surface area contributed by atoms with Crippen LogP contribution in [-0.2, 0) is 0 Å². The van der Waals surface area contributed by atoms with Crippen LogP contribution in [0.4, 0.5) is 5.82 Å². The van der Waals surface area contributed by atoms with E-state index >= 15 is 0 Å². The number of aromatic amines is 1. The van der Waals surface area contributed by atoms with Gasteiger partial charge in [-0.3, -0.25) is 15.3 Å². The van der Waals surface area contributed by atoms with E-state index in [9.17, 15) is 9.59 Å². The summed E-state index contributed by atoms with van der Waals surface area (Å²) in [6.07, 6.45) is 1.36. The molecular weight excluding hydrogens is 246 g/mol. The Morgan fingerprint density at radius 1 is 1.21 bits per heavy atom. The lowest BCUT2D eigenvalue weighted by Gasteiger charge is -2.33. The minimum atomic E-state index is -1.69. The number of nitrogens with two attached hydrogens (primary N) is 1. The predicted octanol–water partition coefficient (Wildman–Crippen LogP) is 0.0604. The molecule has 7 nitrogen and oxygen atoms in total. The fraction of sp³-hybridized carbons (Fsp3) is 0.0833. The Labute approximate surface area is 108 Å². The molecular formula is C12H11N5O2. The molecule has 0 spiro atoms. The van der Waals surface area contributed by atoms with Gasteiger partial charge in [0.05, 0.1) is 6.33 Å². The summed E-state index contributed by atoms with van der Waals surface area (Å²) < 4.78 is 0. The normalized spacial score (nSPS) is 21.2. The highest BCUT2D eigenvalue weighted by Crippen LogP contribution is 2.20. The van der Waals surface area contributed by atoms with Crippen LogP contribution in [0.5, 0.6) is 0 Å². The van der Waals surface area contributed by atoms with Crippen LogP contribution in [0, 0.1) is 0 Å². The van der Waals surface area contributed by atoms with Crippen molar-refractivity contribution in [2.45, 2.75) is 5.79 Å². The predicted molar refractivity (Wildman–Crippen MR) is 67.4 cm³/mol. The van der Waals surface area contributed by atoms with Gasteiger partial charge in [0.1, 0.15) is 5.69 Å². The van der Waals surface area contributed by atoms with Gasteiger partial charge in [0.25, 0.3) is 5.91 Å². The second-order valence-electron chi connectivity index (χ2n) is 4.21. The summed E-state index contributed by atoms with van der Waals surface area (Å²) in [5.74, 6) is -2.34. The first-order valence-corrected chi connectivity index (χ1v) is 5.63. The molecule has 2 heterocycles. The molecule has 0 saturated heterocycles. The van der Waals surface area contributed by atoms with E-state index < -0.39 is 17.5 Å². The van der Waals surface area contributed by atoms with Gasteiger partial charge < -0.3 is 15.6 Å². The summed E-state index contributed by atoms with van der Waals surface area (Å²) in [5, 5.41) is 5.18. The second kappa shape index (κ2) is 3.92. The van der Waals surface area contributed by atoms with E-state index in [1.165, 1.54) is 6.33 Å². The fourth-order valence-corrected chi connectivity index (χ4v) is 1.95. The maximum Gasteiger partial charge on any atom is 0.274 e. The van der Waals surface area contributed by atoms with Crippen molar-refractivity contribution >= 4 is 17.5 Å². The zero-order chi connectivity index (χ0) is 13.5. The van der Waals surface area contributed by atoms with Gasteiger partial charge in [-0.05, 0) is 0 Å². The number of H-pyrrole nitrogens is 1. The Morgan fingerprint density at radius 2 is 1.95 bits per heavy atom. The van der Waals surface area contributed by atoms with Gasteiger partial charge in [-0.2, -0.15) is 0 Å². The summed E-state index contributed by atoms with van der Waals surface area (Å²) in [5.41, 5.74) is 6.60. The van der Waals surface area contributed by atoms with Gasteiger partial charge in [0.15, 0.2) is 5.82 Å². The Bertz CT molecular complexity index is 651. The number of rotatable bonds is 2. The number of anilines is 1. The van der Waals surface area contributed by atoms with Crippen LogP contribution in [0.25, 0.3) is 0 Å². The number of amides is 1. The van der Waals surface area contributed by atoms with Crippen molar-refractivity contribution < 1.29 is 9.59 Å². The number of aromatic nitrogens is 2. The molecule has 1 atom stereocenters. The largest absolute Gasteiger partial charge is 0.339 e. The van der Waals surface area contributed by atoms with E-state index in [1.54, 1.807) is 30.3 Å². The van der Waals surface area contributed by atoms with Crippen molar-refractivity contribution in [3.63, 3.8) is 0 Å². The Morgan fingerprint density at radius 3 is 2.68 bits per heavy atom. The lowest BCUT2D eigenvalue weighted by atomic mass is 10.0. The zero-order valence-corrected chi connectivity index (χ0v) is 9.81. The standard InChI is InChI=1S/C12H11N5O2/c13-12(9(18)7-4-2-1-3-5-7)16-10-8(11(19)17-12)14-6-15-10/h1-6,16H,13H2,(H,14,15)(H,17,19). The van der Waals surface area contributed by atoms with Crippen LogP contribution in [0.1, 0.15) is 20.8 Å². The van der Waals surface area contributed by atoms with E-state index in [4.69, 9.17) is 5.73 Å². The molecule has 3 rings (SSSR count). The van der Waals surface area contributed by atoms with Crippen molar-refractivity contribution in [3.8, 4) is 0 Å². The molecule has 7 heteroatoms. The van der Waals surface area contributed by atoms with Crippen LogP contribution in [0.2, 0.25) is 0 Å². The first-order chi connectivity index (χ1) is 9.10. The molecule has 19 heavy (non-hydrogen) atoms. The molecule has 0 aliphatic carbocycles. The number of nitrogens with one attached hydrogen (secondary N) is 3. The molecule has 1 aromatic heterocycles. The maximum atomic E-state index is 12.4. The first kappa shape index (κ1) is 11.4. The number of hydrogen-bond donors (Lipinski definition) is 4. The number of carbonyl (C=O) groups excluding carboxylic acids is 2. The highest BCUT2D eigenvalue weighted by molar-refractivity contribution is 6.10. The van der Waals surface area contributed by atoms with Gasteiger partial charge in [-0.25, -0.2) is 4.98 Å². The summed E-state index contributed by atoms with van der Waals surface area (Å²) in [7, 11) is 0. The summed E-state index contributed by atoms with van der Waals surface area (Å²) in [4.78, 5) is 30.8. The van der Waals surface area contributed by atoms with Crippen molar-refractivity contribution in [2.75, 3.05) is 5.32 Å². The third kappa shape index (κ3) is 1.76. The first-order valence-electron chi connectivity index (χ1n) is 5.63. The van der Waals surface area contributed by atoms with Crippen LogP contribution >= 0.6 is 0 Å². The van der Waals surface area contributed by atoms with Crippen molar-refractivity contribution in [3.05, 3.63) is 47.9 Å². The molecule has 1 unspecified atom stereocenters. The van der Waals surface area contributed by atoms with E-state index in [0.717, 1.165) is 0 Å². The van der Waals surface area contributed by atoms with Gasteiger partial charge in [-0.1, -0.05) is 30.3 Å². The van der Waals surface area contributed by atoms with Gasteiger partial charge in [0, 0.05) is 5.56 Å². The summed E-state index contributed by atoms with van der Waals surface area (Å²) >= 11 is 0. The van der Waals surface area contributed by atoms with Crippen LogP contribution in [0.3, 0.4) is 0 Å². The smallest absolute Gasteiger partial charge is 0.274 e. The molecule has 1 aliphatic rings. The minimum absolute atomic E-state index is 0.252.